The first-order chi connectivity index (χ1) is 17.4. The van der Waals surface area contributed by atoms with Crippen molar-refractivity contribution in [3.63, 3.8) is 0 Å². The monoisotopic (exact) mass is 500 g/mol. The van der Waals surface area contributed by atoms with Crippen molar-refractivity contribution in [2.75, 3.05) is 21.7 Å². The number of nitrogens with two attached hydrogens (primary N) is 1. The zero-order valence-electron chi connectivity index (χ0n) is 19.4. The van der Waals surface area contributed by atoms with E-state index < -0.39 is 5.91 Å². The average molecular weight is 501 g/mol. The normalized spacial score (nSPS) is 12.7. The number of nitrogen functional groups attached to an aromatic ring is 1. The van der Waals surface area contributed by atoms with Crippen molar-refractivity contribution < 1.29 is 9.59 Å². The highest BCUT2D eigenvalue weighted by molar-refractivity contribution is 7.99. The highest BCUT2D eigenvalue weighted by Gasteiger charge is 2.29. The molecule has 1 saturated carbocycles. The third kappa shape index (κ3) is 5.63. The second-order valence-electron chi connectivity index (χ2n) is 8.39. The van der Waals surface area contributed by atoms with Crippen LogP contribution in [0.15, 0.2) is 70.7 Å². The van der Waals surface area contributed by atoms with Crippen LogP contribution in [0.1, 0.15) is 29.0 Å². The molecular weight excluding hydrogens is 476 g/mol. The van der Waals surface area contributed by atoms with Crippen molar-refractivity contribution in [3.8, 4) is 0 Å². The molecule has 1 aliphatic carbocycles. The summed E-state index contributed by atoms with van der Waals surface area (Å²) in [7, 11) is 0. The molecule has 4 aromatic rings. The highest BCUT2D eigenvalue weighted by Crippen LogP contribution is 2.33. The molecule has 11 heteroatoms. The lowest BCUT2D eigenvalue weighted by molar-refractivity contribution is -0.117. The third-order valence-electron chi connectivity index (χ3n) is 5.40. The molecule has 0 radical (unpaired) electrons. The van der Waals surface area contributed by atoms with Gasteiger partial charge in [-0.1, -0.05) is 18.2 Å². The Kier molecular flexibility index (Phi) is 6.54. The van der Waals surface area contributed by atoms with E-state index in [9.17, 15) is 9.59 Å². The number of rotatable bonds is 8. The van der Waals surface area contributed by atoms with Gasteiger partial charge in [0.15, 0.2) is 22.5 Å². The zero-order chi connectivity index (χ0) is 25.1. The van der Waals surface area contributed by atoms with Crippen molar-refractivity contribution in [2.45, 2.75) is 29.8 Å². The fraction of sp³-hybridized carbons (Fsp3) is 0.160. The molecule has 1 aliphatic rings. The van der Waals surface area contributed by atoms with Gasteiger partial charge in [-0.15, -0.1) is 0 Å². The van der Waals surface area contributed by atoms with Crippen LogP contribution in [0.25, 0.3) is 0 Å². The number of anilines is 5. The zero-order valence-corrected chi connectivity index (χ0v) is 20.2. The van der Waals surface area contributed by atoms with Crippen LogP contribution >= 0.6 is 11.8 Å². The Balaban J connectivity index is 1.41. The lowest BCUT2D eigenvalue weighted by atomic mass is 10.2. The summed E-state index contributed by atoms with van der Waals surface area (Å²) >= 11 is 1.27. The van der Waals surface area contributed by atoms with Crippen molar-refractivity contribution in [3.05, 3.63) is 72.1 Å². The van der Waals surface area contributed by atoms with E-state index in [0.717, 1.165) is 29.1 Å². The summed E-state index contributed by atoms with van der Waals surface area (Å²) in [5.41, 5.74) is 8.67. The van der Waals surface area contributed by atoms with E-state index in [0.29, 0.717) is 16.7 Å². The van der Waals surface area contributed by atoms with Crippen molar-refractivity contribution in [1.82, 2.24) is 20.2 Å². The maximum atomic E-state index is 13.1. The maximum Gasteiger partial charge on any atom is 0.276 e. The van der Waals surface area contributed by atoms with Crippen LogP contribution in [0.2, 0.25) is 0 Å². The molecule has 1 fully saturated rings. The minimum absolute atomic E-state index is 0.0411. The molecule has 0 unspecified atom stereocenters. The number of carbonyl (C=O) groups is 2. The lowest BCUT2D eigenvalue weighted by Crippen LogP contribution is -2.18. The quantitative estimate of drug-likeness (QED) is 0.221. The molecule has 0 aliphatic heterocycles. The molecular formula is C25H24N8O2S. The molecule has 36 heavy (non-hydrogen) atoms. The van der Waals surface area contributed by atoms with Crippen LogP contribution < -0.4 is 21.7 Å². The summed E-state index contributed by atoms with van der Waals surface area (Å²) in [6.07, 6.45) is 1.89. The molecule has 2 aromatic carbocycles. The number of nitrogens with zero attached hydrogens (tertiary/aromatic N) is 3. The molecule has 2 amide bonds. The second-order valence-corrected chi connectivity index (χ2v) is 9.43. The third-order valence-corrected chi connectivity index (χ3v) is 6.28. The number of carbonyl (C=O) groups excluding carboxylic acids is 2. The molecule has 6 N–H and O–H groups in total. The molecule has 0 saturated heterocycles. The number of nitrogens with one attached hydrogen (secondary N) is 4. The number of aromatic nitrogens is 4. The maximum absolute atomic E-state index is 13.1. The Bertz CT molecular complexity index is 1400. The highest BCUT2D eigenvalue weighted by atomic mass is 32.2. The van der Waals surface area contributed by atoms with Gasteiger partial charge < -0.3 is 21.7 Å². The predicted octanol–water partition coefficient (Wildman–Crippen LogP) is 4.59. The molecule has 0 atom stereocenters. The predicted molar refractivity (Wildman–Crippen MR) is 139 cm³/mol. The topological polar surface area (TPSA) is 151 Å². The summed E-state index contributed by atoms with van der Waals surface area (Å²) in [5.74, 6) is 0.509. The van der Waals surface area contributed by atoms with Gasteiger partial charge in [-0.25, -0.2) is 9.97 Å². The number of H-pyrrole nitrogens is 1. The van der Waals surface area contributed by atoms with Crippen LogP contribution in [-0.2, 0) is 4.79 Å². The summed E-state index contributed by atoms with van der Waals surface area (Å²) in [5, 5.41) is 16.1. The van der Waals surface area contributed by atoms with Gasteiger partial charge in [0, 0.05) is 33.9 Å². The van der Waals surface area contributed by atoms with Gasteiger partial charge in [0.2, 0.25) is 5.91 Å². The number of hydrogen-bond acceptors (Lipinski definition) is 8. The van der Waals surface area contributed by atoms with Gasteiger partial charge in [-0.2, -0.15) is 5.10 Å². The lowest BCUT2D eigenvalue weighted by Gasteiger charge is -2.13. The molecule has 2 heterocycles. The Hall–Kier alpha value is -4.38. The van der Waals surface area contributed by atoms with Crippen LogP contribution in [0.4, 0.5) is 28.7 Å². The molecule has 5 rings (SSSR count). The number of para-hydroxylation sites is 1. The van der Waals surface area contributed by atoms with E-state index in [-0.39, 0.29) is 29.0 Å². The van der Waals surface area contributed by atoms with E-state index in [2.05, 4.69) is 36.1 Å². The van der Waals surface area contributed by atoms with E-state index in [1.54, 1.807) is 18.2 Å². The fourth-order valence-electron chi connectivity index (χ4n) is 3.38. The number of amides is 2. The first kappa shape index (κ1) is 23.4. The van der Waals surface area contributed by atoms with Crippen molar-refractivity contribution in [2.24, 2.45) is 5.92 Å². The van der Waals surface area contributed by atoms with Crippen LogP contribution in [0.5, 0.6) is 0 Å². The number of hydrogen-bond donors (Lipinski definition) is 5. The van der Waals surface area contributed by atoms with Crippen molar-refractivity contribution >= 4 is 52.3 Å². The standard InChI is InChI=1S/C25H24N8O2S/c1-14-13-19(33-32-14)29-22-20(26)21(24(35)28-16-5-3-2-4-6-16)30-25(31-22)36-18-11-9-17(10-12-18)27-23(34)15-7-8-15/h2-6,9-13,15H,7-8,26H2,1H3,(H,27,34)(H,28,35)(H2,29,30,31,32,33). The largest absolute Gasteiger partial charge is 0.394 e. The first-order valence-corrected chi connectivity index (χ1v) is 12.2. The number of aromatic amines is 1. The fourth-order valence-corrected chi connectivity index (χ4v) is 4.14. The Labute approximate surface area is 211 Å². The van der Waals surface area contributed by atoms with Crippen molar-refractivity contribution in [1.29, 1.82) is 0 Å². The van der Waals surface area contributed by atoms with Gasteiger partial charge in [0.05, 0.1) is 0 Å². The van der Waals surface area contributed by atoms with E-state index >= 15 is 0 Å². The van der Waals surface area contributed by atoms with Crippen LogP contribution in [-0.4, -0.2) is 32.0 Å². The smallest absolute Gasteiger partial charge is 0.276 e. The molecule has 2 aromatic heterocycles. The van der Waals surface area contributed by atoms with Gasteiger partial charge in [0.25, 0.3) is 5.91 Å². The SMILES string of the molecule is Cc1cc(Nc2nc(Sc3ccc(NC(=O)C4CC4)cc3)nc(C(=O)Nc3ccccc3)c2N)n[nH]1. The van der Waals surface area contributed by atoms with E-state index in [4.69, 9.17) is 5.73 Å². The van der Waals surface area contributed by atoms with E-state index in [1.807, 2.05) is 49.4 Å². The minimum atomic E-state index is -0.456. The number of aryl methyl sites for hydroxylation is 1. The van der Waals surface area contributed by atoms with Gasteiger partial charge >= 0.3 is 0 Å². The first-order valence-electron chi connectivity index (χ1n) is 11.4. The van der Waals surface area contributed by atoms with Gasteiger partial charge in [-0.05, 0) is 67.9 Å². The van der Waals surface area contributed by atoms with Gasteiger partial charge in [0.1, 0.15) is 5.69 Å². The van der Waals surface area contributed by atoms with Crippen LogP contribution in [0, 0.1) is 12.8 Å². The summed E-state index contributed by atoms with van der Waals surface area (Å²) in [6, 6.07) is 18.2. The summed E-state index contributed by atoms with van der Waals surface area (Å²) < 4.78 is 0. The molecule has 0 spiro atoms. The minimum Gasteiger partial charge on any atom is -0.394 e. The second kappa shape index (κ2) is 10.1. The molecule has 182 valence electrons. The number of benzene rings is 2. The molecule has 0 bridgehead atoms. The summed E-state index contributed by atoms with van der Waals surface area (Å²) in [4.78, 5) is 34.9. The Morgan fingerprint density at radius 1 is 1.00 bits per heavy atom. The summed E-state index contributed by atoms with van der Waals surface area (Å²) in [6.45, 7) is 1.87. The van der Waals surface area contributed by atoms with Gasteiger partial charge in [-0.3, -0.25) is 14.7 Å². The molecule has 10 nitrogen and oxygen atoms in total. The Morgan fingerprint density at radius 3 is 2.39 bits per heavy atom. The van der Waals surface area contributed by atoms with Crippen LogP contribution in [0.3, 0.4) is 0 Å². The Morgan fingerprint density at radius 2 is 1.72 bits per heavy atom. The average Bonchev–Trinajstić information content (AvgIpc) is 3.65. The van der Waals surface area contributed by atoms with E-state index in [1.165, 1.54) is 11.8 Å².